The van der Waals surface area contributed by atoms with E-state index in [4.69, 9.17) is 9.47 Å². The average Bonchev–Trinajstić information content (AvgIpc) is 3.40. The standard InChI is InChI=1S/C24H36N2O3/c1-6-7-15-28-21-10-8-9-20-22(21)19(17-25(20)5)13-14-26(16-18-11-12-18)23(27)29-24(2,3)4/h8-10,17-18H,6-7,11-16H2,1-5H3. The molecule has 0 N–H and O–H groups in total. The second kappa shape index (κ2) is 9.10. The van der Waals surface area contributed by atoms with Crippen LogP contribution >= 0.6 is 0 Å². The first kappa shape index (κ1) is 21.5. The third-order valence-electron chi connectivity index (χ3n) is 5.29. The molecule has 1 aliphatic carbocycles. The van der Waals surface area contributed by atoms with Crippen LogP contribution in [0.25, 0.3) is 10.9 Å². The molecule has 0 saturated heterocycles. The summed E-state index contributed by atoms with van der Waals surface area (Å²) < 4.78 is 13.9. The van der Waals surface area contributed by atoms with Gasteiger partial charge in [0.2, 0.25) is 0 Å². The number of hydrogen-bond acceptors (Lipinski definition) is 3. The molecule has 0 atom stereocenters. The van der Waals surface area contributed by atoms with E-state index in [2.05, 4.69) is 36.9 Å². The Balaban J connectivity index is 1.77. The van der Waals surface area contributed by atoms with Crippen LogP contribution in [0.3, 0.4) is 0 Å². The molecule has 1 amide bonds. The van der Waals surface area contributed by atoms with Crippen molar-refractivity contribution < 1.29 is 14.3 Å². The van der Waals surface area contributed by atoms with Gasteiger partial charge in [-0.2, -0.15) is 0 Å². The fourth-order valence-electron chi connectivity index (χ4n) is 3.59. The van der Waals surface area contributed by atoms with E-state index in [1.165, 1.54) is 29.3 Å². The van der Waals surface area contributed by atoms with E-state index < -0.39 is 5.60 Å². The predicted octanol–water partition coefficient (Wildman–Crippen LogP) is 5.55. The molecule has 1 fully saturated rings. The van der Waals surface area contributed by atoms with E-state index >= 15 is 0 Å². The second-order valence-electron chi connectivity index (χ2n) is 9.24. The number of aromatic nitrogens is 1. The van der Waals surface area contributed by atoms with Crippen molar-refractivity contribution >= 4 is 17.0 Å². The van der Waals surface area contributed by atoms with Crippen LogP contribution in [-0.4, -0.2) is 40.9 Å². The van der Waals surface area contributed by atoms with Gasteiger partial charge in [-0.05, 0) is 70.1 Å². The molecule has 1 aliphatic rings. The van der Waals surface area contributed by atoms with Gasteiger partial charge < -0.3 is 18.9 Å². The smallest absolute Gasteiger partial charge is 0.410 e. The molecule has 2 aromatic rings. The van der Waals surface area contributed by atoms with Crippen molar-refractivity contribution in [2.75, 3.05) is 19.7 Å². The summed E-state index contributed by atoms with van der Waals surface area (Å²) in [6, 6.07) is 6.23. The molecule has 160 valence electrons. The number of amides is 1. The highest BCUT2D eigenvalue weighted by Crippen LogP contribution is 2.32. The van der Waals surface area contributed by atoms with Gasteiger partial charge in [0.25, 0.3) is 0 Å². The zero-order valence-electron chi connectivity index (χ0n) is 18.7. The van der Waals surface area contributed by atoms with Crippen molar-refractivity contribution in [3.63, 3.8) is 0 Å². The second-order valence-corrected chi connectivity index (χ2v) is 9.24. The Morgan fingerprint density at radius 1 is 1.28 bits per heavy atom. The summed E-state index contributed by atoms with van der Waals surface area (Å²) in [6.45, 7) is 10.1. The number of hydrogen-bond donors (Lipinski definition) is 0. The summed E-state index contributed by atoms with van der Waals surface area (Å²) in [7, 11) is 2.07. The molecular weight excluding hydrogens is 364 g/mol. The summed E-state index contributed by atoms with van der Waals surface area (Å²) in [5, 5.41) is 1.17. The molecule has 5 heteroatoms. The van der Waals surface area contributed by atoms with E-state index in [-0.39, 0.29) is 6.09 Å². The molecule has 1 aromatic heterocycles. The molecule has 1 saturated carbocycles. The van der Waals surface area contributed by atoms with Gasteiger partial charge in [-0.25, -0.2) is 4.79 Å². The van der Waals surface area contributed by atoms with E-state index in [0.717, 1.165) is 38.2 Å². The first-order chi connectivity index (χ1) is 13.8. The first-order valence-electron chi connectivity index (χ1n) is 11.0. The van der Waals surface area contributed by atoms with Crippen molar-refractivity contribution in [1.29, 1.82) is 0 Å². The monoisotopic (exact) mass is 400 g/mol. The molecular formula is C24H36N2O3. The Hall–Kier alpha value is -2.17. The van der Waals surface area contributed by atoms with Gasteiger partial charge in [0.15, 0.2) is 0 Å². The van der Waals surface area contributed by atoms with Gasteiger partial charge in [0.1, 0.15) is 11.4 Å². The number of rotatable bonds is 9. The summed E-state index contributed by atoms with van der Waals surface area (Å²) in [4.78, 5) is 14.6. The van der Waals surface area contributed by atoms with Crippen molar-refractivity contribution in [1.82, 2.24) is 9.47 Å². The van der Waals surface area contributed by atoms with Gasteiger partial charge in [0, 0.05) is 31.7 Å². The quantitative estimate of drug-likeness (QED) is 0.519. The molecule has 1 aromatic carbocycles. The predicted molar refractivity (Wildman–Crippen MR) is 118 cm³/mol. The van der Waals surface area contributed by atoms with Crippen LogP contribution in [-0.2, 0) is 18.2 Å². The van der Waals surface area contributed by atoms with Crippen molar-refractivity contribution in [2.24, 2.45) is 13.0 Å². The minimum Gasteiger partial charge on any atom is -0.493 e. The van der Waals surface area contributed by atoms with Gasteiger partial charge >= 0.3 is 6.09 Å². The lowest BCUT2D eigenvalue weighted by atomic mass is 10.1. The maximum atomic E-state index is 12.7. The fraction of sp³-hybridized carbons (Fsp3) is 0.625. The normalized spacial score (nSPS) is 14.2. The fourth-order valence-corrected chi connectivity index (χ4v) is 3.59. The highest BCUT2D eigenvalue weighted by atomic mass is 16.6. The summed E-state index contributed by atoms with van der Waals surface area (Å²) in [5.74, 6) is 1.57. The molecule has 5 nitrogen and oxygen atoms in total. The molecule has 1 heterocycles. The van der Waals surface area contributed by atoms with Gasteiger partial charge in [-0.15, -0.1) is 0 Å². The minimum atomic E-state index is -0.474. The molecule has 0 spiro atoms. The Bertz CT molecular complexity index is 830. The van der Waals surface area contributed by atoms with Crippen LogP contribution in [0, 0.1) is 5.92 Å². The largest absolute Gasteiger partial charge is 0.493 e. The van der Waals surface area contributed by atoms with Crippen LogP contribution < -0.4 is 4.74 Å². The molecule has 0 radical (unpaired) electrons. The van der Waals surface area contributed by atoms with E-state index in [1.807, 2.05) is 31.7 Å². The van der Waals surface area contributed by atoms with Crippen LogP contribution in [0.4, 0.5) is 4.79 Å². The van der Waals surface area contributed by atoms with Gasteiger partial charge in [-0.3, -0.25) is 0 Å². The zero-order valence-corrected chi connectivity index (χ0v) is 18.7. The van der Waals surface area contributed by atoms with Crippen molar-refractivity contribution in [2.45, 2.75) is 65.4 Å². The number of ether oxygens (including phenoxy) is 2. The number of unbranched alkanes of at least 4 members (excludes halogenated alkanes) is 1. The molecule has 0 bridgehead atoms. The maximum absolute atomic E-state index is 12.7. The zero-order chi connectivity index (χ0) is 21.0. The number of benzene rings is 1. The molecule has 0 aliphatic heterocycles. The van der Waals surface area contributed by atoms with Gasteiger partial charge in [-0.1, -0.05) is 19.4 Å². The minimum absolute atomic E-state index is 0.205. The van der Waals surface area contributed by atoms with E-state index in [9.17, 15) is 4.79 Å². The number of fused-ring (bicyclic) bond motifs is 1. The average molecular weight is 401 g/mol. The van der Waals surface area contributed by atoms with Crippen LogP contribution in [0.1, 0.15) is 58.9 Å². The van der Waals surface area contributed by atoms with Gasteiger partial charge in [0.05, 0.1) is 12.1 Å². The topological polar surface area (TPSA) is 43.7 Å². The Labute approximate surface area is 175 Å². The molecule has 29 heavy (non-hydrogen) atoms. The molecule has 0 unspecified atom stereocenters. The lowest BCUT2D eigenvalue weighted by Crippen LogP contribution is -2.39. The number of aryl methyl sites for hydroxylation is 1. The third-order valence-corrected chi connectivity index (χ3v) is 5.29. The Kier molecular flexibility index (Phi) is 6.76. The Morgan fingerprint density at radius 3 is 2.69 bits per heavy atom. The van der Waals surface area contributed by atoms with Crippen LogP contribution in [0.5, 0.6) is 5.75 Å². The van der Waals surface area contributed by atoms with Crippen LogP contribution in [0.15, 0.2) is 24.4 Å². The Morgan fingerprint density at radius 2 is 2.03 bits per heavy atom. The summed E-state index contributed by atoms with van der Waals surface area (Å²) >= 11 is 0. The maximum Gasteiger partial charge on any atom is 0.410 e. The SMILES string of the molecule is CCCCOc1cccc2c1c(CCN(CC1CC1)C(=O)OC(C)(C)C)cn2C. The van der Waals surface area contributed by atoms with Crippen molar-refractivity contribution in [3.05, 3.63) is 30.0 Å². The number of carbonyl (C=O) groups excluding carboxylic acids is 1. The number of carbonyl (C=O) groups is 1. The highest BCUT2D eigenvalue weighted by Gasteiger charge is 2.29. The first-order valence-corrected chi connectivity index (χ1v) is 11.0. The molecule has 3 rings (SSSR count). The van der Waals surface area contributed by atoms with Crippen molar-refractivity contribution in [3.8, 4) is 5.75 Å². The van der Waals surface area contributed by atoms with Crippen LogP contribution in [0.2, 0.25) is 0 Å². The van der Waals surface area contributed by atoms with E-state index in [0.29, 0.717) is 12.5 Å². The lowest BCUT2D eigenvalue weighted by molar-refractivity contribution is 0.0243. The highest BCUT2D eigenvalue weighted by molar-refractivity contribution is 5.90. The summed E-state index contributed by atoms with van der Waals surface area (Å²) in [5.41, 5.74) is 1.91. The van der Waals surface area contributed by atoms with E-state index in [1.54, 1.807) is 0 Å². The summed E-state index contributed by atoms with van der Waals surface area (Å²) in [6.07, 6.45) is 7.34. The third kappa shape index (κ3) is 5.91. The lowest BCUT2D eigenvalue weighted by Gasteiger charge is -2.27. The number of nitrogens with zero attached hydrogens (tertiary/aromatic N) is 2.